The number of fused-ring (bicyclic) bond motifs is 1. The first-order valence-electron chi connectivity index (χ1n) is 6.75. The highest BCUT2D eigenvalue weighted by molar-refractivity contribution is 7.88. The van der Waals surface area contributed by atoms with Gasteiger partial charge in [-0.25, -0.2) is 13.4 Å². The van der Waals surface area contributed by atoms with Crippen LogP contribution in [0.1, 0.15) is 17.0 Å². The molecule has 1 N–H and O–H groups in total. The number of aliphatic hydroxyl groups is 1. The number of rotatable bonds is 4. The molecule has 1 aromatic carbocycles. The van der Waals surface area contributed by atoms with E-state index in [-0.39, 0.29) is 12.4 Å². The zero-order valence-corrected chi connectivity index (χ0v) is 12.3. The van der Waals surface area contributed by atoms with Crippen LogP contribution >= 0.6 is 0 Å². The van der Waals surface area contributed by atoms with Crippen LogP contribution in [0, 0.1) is 0 Å². The van der Waals surface area contributed by atoms with E-state index in [1.54, 1.807) is 30.5 Å². The summed E-state index contributed by atoms with van der Waals surface area (Å²) < 4.78 is 28.4. The number of aromatic nitrogens is 2. The van der Waals surface area contributed by atoms with Crippen molar-refractivity contribution >= 4 is 10.0 Å². The molecule has 2 heterocycles. The number of hydrogen-bond donors (Lipinski definition) is 1. The van der Waals surface area contributed by atoms with Crippen molar-refractivity contribution in [1.29, 1.82) is 0 Å². The van der Waals surface area contributed by atoms with Crippen molar-refractivity contribution in [2.75, 3.05) is 6.54 Å². The molecule has 2 aromatic rings. The van der Waals surface area contributed by atoms with Crippen molar-refractivity contribution in [3.05, 3.63) is 53.6 Å². The Labute approximate surface area is 123 Å². The Bertz CT molecular complexity index is 722. The fourth-order valence-electron chi connectivity index (χ4n) is 2.43. The first-order valence-corrected chi connectivity index (χ1v) is 8.36. The Morgan fingerprint density at radius 3 is 2.57 bits per heavy atom. The summed E-state index contributed by atoms with van der Waals surface area (Å²) in [4.78, 5) is 4.18. The summed E-state index contributed by atoms with van der Waals surface area (Å²) in [6.45, 7) is 1.39. The Kier molecular flexibility index (Phi) is 3.79. The fraction of sp³-hybridized carbons (Fsp3) is 0.357. The van der Waals surface area contributed by atoms with Gasteiger partial charge in [-0.1, -0.05) is 24.3 Å². The van der Waals surface area contributed by atoms with Crippen molar-refractivity contribution in [2.24, 2.45) is 0 Å². The average Bonchev–Trinajstić information content (AvgIpc) is 2.95. The van der Waals surface area contributed by atoms with Gasteiger partial charge in [-0.2, -0.15) is 4.31 Å². The molecule has 0 unspecified atom stereocenters. The van der Waals surface area contributed by atoms with Crippen molar-refractivity contribution in [1.82, 2.24) is 13.9 Å². The molecule has 0 bridgehead atoms. The quantitative estimate of drug-likeness (QED) is 0.903. The molecule has 0 radical (unpaired) electrons. The molecule has 1 aliphatic rings. The molecular weight excluding hydrogens is 290 g/mol. The van der Waals surface area contributed by atoms with Gasteiger partial charge in [0.05, 0.1) is 18.9 Å². The monoisotopic (exact) mass is 307 g/mol. The maximum absolute atomic E-state index is 12.5. The molecule has 0 saturated carbocycles. The maximum Gasteiger partial charge on any atom is 0.218 e. The molecule has 3 rings (SSSR count). The number of benzene rings is 1. The van der Waals surface area contributed by atoms with E-state index in [0.29, 0.717) is 19.6 Å². The molecular formula is C14H17N3O3S. The van der Waals surface area contributed by atoms with E-state index in [2.05, 4.69) is 4.98 Å². The fourth-order valence-corrected chi connectivity index (χ4v) is 3.90. The number of hydrogen-bond acceptors (Lipinski definition) is 4. The third kappa shape index (κ3) is 2.99. The lowest BCUT2D eigenvalue weighted by molar-refractivity contribution is 0.282. The van der Waals surface area contributed by atoms with Crippen LogP contribution < -0.4 is 0 Å². The van der Waals surface area contributed by atoms with Gasteiger partial charge in [-0.3, -0.25) is 0 Å². The average molecular weight is 307 g/mol. The van der Waals surface area contributed by atoms with Crippen LogP contribution in [-0.4, -0.2) is 33.9 Å². The first kappa shape index (κ1) is 14.2. The van der Waals surface area contributed by atoms with E-state index in [1.165, 1.54) is 4.31 Å². The van der Waals surface area contributed by atoms with E-state index in [9.17, 15) is 8.42 Å². The van der Waals surface area contributed by atoms with Gasteiger partial charge in [0.2, 0.25) is 10.0 Å². The first-order chi connectivity index (χ1) is 10.1. The number of aliphatic hydroxyl groups excluding tert-OH is 1. The summed E-state index contributed by atoms with van der Waals surface area (Å²) in [5, 5.41) is 9.00. The van der Waals surface area contributed by atoms with Crippen LogP contribution in [0.2, 0.25) is 0 Å². The third-order valence-corrected chi connectivity index (χ3v) is 5.45. The second kappa shape index (κ2) is 5.59. The van der Waals surface area contributed by atoms with E-state index in [0.717, 1.165) is 17.0 Å². The highest BCUT2D eigenvalue weighted by atomic mass is 32.2. The van der Waals surface area contributed by atoms with E-state index in [1.807, 2.05) is 10.8 Å². The summed E-state index contributed by atoms with van der Waals surface area (Å²) in [5.41, 5.74) is 1.50. The lowest BCUT2D eigenvalue weighted by Crippen LogP contribution is -2.38. The van der Waals surface area contributed by atoms with E-state index >= 15 is 0 Å². The largest absolute Gasteiger partial charge is 0.392 e. The van der Waals surface area contributed by atoms with Crippen LogP contribution in [0.5, 0.6) is 0 Å². The van der Waals surface area contributed by atoms with Crippen LogP contribution in [0.3, 0.4) is 0 Å². The Hall–Kier alpha value is -1.70. The molecule has 112 valence electrons. The number of imidazole rings is 1. The van der Waals surface area contributed by atoms with Crippen LogP contribution in [0.4, 0.5) is 0 Å². The number of nitrogens with zero attached hydrogens (tertiary/aromatic N) is 3. The molecule has 21 heavy (non-hydrogen) atoms. The highest BCUT2D eigenvalue weighted by Crippen LogP contribution is 2.18. The molecule has 1 aliphatic heterocycles. The molecule has 0 saturated heterocycles. The predicted octanol–water partition coefficient (Wildman–Crippen LogP) is 0.721. The SMILES string of the molecule is O=S(=O)(Cc1ccc(CO)cc1)N1CCn2ccnc2C1. The lowest BCUT2D eigenvalue weighted by Gasteiger charge is -2.27. The van der Waals surface area contributed by atoms with Gasteiger partial charge in [-0.15, -0.1) is 0 Å². The third-order valence-electron chi connectivity index (χ3n) is 3.66. The predicted molar refractivity (Wildman–Crippen MR) is 77.6 cm³/mol. The molecule has 1 aromatic heterocycles. The molecule has 0 spiro atoms. The van der Waals surface area contributed by atoms with Gasteiger partial charge in [0.1, 0.15) is 5.82 Å². The minimum absolute atomic E-state index is 0.0284. The smallest absolute Gasteiger partial charge is 0.218 e. The van der Waals surface area contributed by atoms with Gasteiger partial charge in [0.25, 0.3) is 0 Å². The lowest BCUT2D eigenvalue weighted by atomic mass is 10.2. The Morgan fingerprint density at radius 1 is 1.14 bits per heavy atom. The van der Waals surface area contributed by atoms with E-state index < -0.39 is 10.0 Å². The van der Waals surface area contributed by atoms with Crippen molar-refractivity contribution < 1.29 is 13.5 Å². The van der Waals surface area contributed by atoms with Crippen molar-refractivity contribution in [3.63, 3.8) is 0 Å². The normalized spacial score (nSPS) is 15.9. The molecule has 6 nitrogen and oxygen atoms in total. The molecule has 7 heteroatoms. The summed E-state index contributed by atoms with van der Waals surface area (Å²) >= 11 is 0. The minimum atomic E-state index is -3.36. The van der Waals surface area contributed by atoms with Crippen LogP contribution in [0.25, 0.3) is 0 Å². The van der Waals surface area contributed by atoms with Crippen LogP contribution in [-0.2, 0) is 35.5 Å². The number of sulfonamides is 1. The second-order valence-electron chi connectivity index (χ2n) is 5.10. The van der Waals surface area contributed by atoms with Gasteiger partial charge in [0.15, 0.2) is 0 Å². The minimum Gasteiger partial charge on any atom is -0.392 e. The zero-order valence-electron chi connectivity index (χ0n) is 11.5. The topological polar surface area (TPSA) is 75.4 Å². The van der Waals surface area contributed by atoms with Crippen molar-refractivity contribution in [3.8, 4) is 0 Å². The summed E-state index contributed by atoms with van der Waals surface area (Å²) in [6, 6.07) is 6.98. The van der Waals surface area contributed by atoms with Gasteiger partial charge < -0.3 is 9.67 Å². The summed E-state index contributed by atoms with van der Waals surface area (Å²) in [6.07, 6.45) is 3.56. The van der Waals surface area contributed by atoms with Crippen molar-refractivity contribution in [2.45, 2.75) is 25.4 Å². The highest BCUT2D eigenvalue weighted by Gasteiger charge is 2.27. The maximum atomic E-state index is 12.5. The van der Waals surface area contributed by atoms with Crippen LogP contribution in [0.15, 0.2) is 36.7 Å². The summed E-state index contributed by atoms with van der Waals surface area (Å²) in [5.74, 6) is 0.750. The standard InChI is InChI=1S/C14H17N3O3S/c18-10-12-1-3-13(4-2-12)11-21(19,20)17-8-7-16-6-5-15-14(16)9-17/h1-6,18H,7-11H2. The van der Waals surface area contributed by atoms with Gasteiger partial charge in [-0.05, 0) is 11.1 Å². The summed E-state index contributed by atoms with van der Waals surface area (Å²) in [7, 11) is -3.36. The molecule has 0 atom stereocenters. The molecule has 0 aliphatic carbocycles. The van der Waals surface area contributed by atoms with Gasteiger partial charge in [0, 0.05) is 25.5 Å². The Balaban J connectivity index is 1.75. The molecule has 0 amide bonds. The van der Waals surface area contributed by atoms with Gasteiger partial charge >= 0.3 is 0 Å². The second-order valence-corrected chi connectivity index (χ2v) is 7.07. The van der Waals surface area contributed by atoms with E-state index in [4.69, 9.17) is 5.11 Å². The Morgan fingerprint density at radius 2 is 1.86 bits per heavy atom. The zero-order chi connectivity index (χ0) is 14.9. The molecule has 0 fully saturated rings.